The standard InChI is InChI=1S/C26H25NO3/c1-17-4-8-21(15-24(17)23-11-5-19(16-28)14-18(23)2)27-25(29)26(12-13-26)20-6-9-22(30-3)10-7-20/h4-11,14-16H,12-13H2,1-3H3,(H,27,29). The SMILES string of the molecule is COc1ccc(C2(C(=O)Nc3ccc(C)c(-c4ccc(C=O)cc4C)c3)CC2)cc1. The van der Waals surface area contributed by atoms with Gasteiger partial charge in [-0.25, -0.2) is 0 Å². The summed E-state index contributed by atoms with van der Waals surface area (Å²) in [5.41, 5.74) is 6.26. The predicted molar refractivity (Wildman–Crippen MR) is 119 cm³/mol. The number of hydrogen-bond acceptors (Lipinski definition) is 3. The van der Waals surface area contributed by atoms with E-state index in [2.05, 4.69) is 5.32 Å². The maximum atomic E-state index is 13.2. The highest BCUT2D eigenvalue weighted by Crippen LogP contribution is 2.49. The van der Waals surface area contributed by atoms with Crippen molar-refractivity contribution < 1.29 is 14.3 Å². The fourth-order valence-corrected chi connectivity index (χ4v) is 3.98. The Morgan fingerprint density at radius 1 is 0.933 bits per heavy atom. The van der Waals surface area contributed by atoms with Crippen molar-refractivity contribution in [2.75, 3.05) is 12.4 Å². The van der Waals surface area contributed by atoms with E-state index in [0.717, 1.165) is 58.4 Å². The van der Waals surface area contributed by atoms with Crippen molar-refractivity contribution in [2.24, 2.45) is 0 Å². The molecule has 0 saturated heterocycles. The highest BCUT2D eigenvalue weighted by atomic mass is 16.5. The molecule has 30 heavy (non-hydrogen) atoms. The van der Waals surface area contributed by atoms with Crippen LogP contribution >= 0.6 is 0 Å². The second kappa shape index (κ2) is 7.79. The molecule has 1 saturated carbocycles. The van der Waals surface area contributed by atoms with Crippen molar-refractivity contribution in [2.45, 2.75) is 32.1 Å². The second-order valence-corrected chi connectivity index (χ2v) is 7.99. The fraction of sp³-hybridized carbons (Fsp3) is 0.231. The van der Waals surface area contributed by atoms with E-state index in [1.54, 1.807) is 7.11 Å². The van der Waals surface area contributed by atoms with Crippen LogP contribution in [0.3, 0.4) is 0 Å². The van der Waals surface area contributed by atoms with Gasteiger partial charge in [0, 0.05) is 11.3 Å². The molecule has 1 aliphatic rings. The Bertz CT molecular complexity index is 1110. The van der Waals surface area contributed by atoms with Crippen molar-refractivity contribution in [1.29, 1.82) is 0 Å². The lowest BCUT2D eigenvalue weighted by Gasteiger charge is -2.18. The van der Waals surface area contributed by atoms with Gasteiger partial charge in [0.05, 0.1) is 12.5 Å². The zero-order chi connectivity index (χ0) is 21.3. The number of anilines is 1. The van der Waals surface area contributed by atoms with Gasteiger partial charge < -0.3 is 10.1 Å². The lowest BCUT2D eigenvalue weighted by Crippen LogP contribution is -2.27. The summed E-state index contributed by atoms with van der Waals surface area (Å²) in [6, 6.07) is 19.4. The molecule has 0 atom stereocenters. The Hall–Kier alpha value is -3.40. The van der Waals surface area contributed by atoms with Gasteiger partial charge in [0.15, 0.2) is 0 Å². The Balaban J connectivity index is 1.60. The van der Waals surface area contributed by atoms with Gasteiger partial charge in [-0.1, -0.05) is 30.3 Å². The van der Waals surface area contributed by atoms with Crippen molar-refractivity contribution in [3.8, 4) is 16.9 Å². The number of benzene rings is 3. The van der Waals surface area contributed by atoms with Crippen molar-refractivity contribution in [1.82, 2.24) is 0 Å². The number of aryl methyl sites for hydroxylation is 2. The molecule has 0 aromatic heterocycles. The van der Waals surface area contributed by atoms with Gasteiger partial charge >= 0.3 is 0 Å². The van der Waals surface area contributed by atoms with Crippen LogP contribution in [0.5, 0.6) is 5.75 Å². The van der Waals surface area contributed by atoms with Gasteiger partial charge in [0.1, 0.15) is 12.0 Å². The molecule has 4 heteroatoms. The molecule has 1 N–H and O–H groups in total. The Kier molecular flexibility index (Phi) is 5.17. The fourth-order valence-electron chi connectivity index (χ4n) is 3.98. The Morgan fingerprint density at radius 3 is 2.27 bits per heavy atom. The number of rotatable bonds is 6. The predicted octanol–water partition coefficient (Wildman–Crippen LogP) is 5.46. The molecule has 0 unspecified atom stereocenters. The van der Waals surface area contributed by atoms with Crippen molar-refractivity contribution in [3.63, 3.8) is 0 Å². The first-order valence-electron chi connectivity index (χ1n) is 10.1. The second-order valence-electron chi connectivity index (χ2n) is 7.99. The zero-order valence-corrected chi connectivity index (χ0v) is 17.5. The molecule has 1 fully saturated rings. The van der Waals surface area contributed by atoms with E-state index in [4.69, 9.17) is 4.74 Å². The first-order chi connectivity index (χ1) is 14.5. The maximum Gasteiger partial charge on any atom is 0.235 e. The third-order valence-corrected chi connectivity index (χ3v) is 6.00. The average molecular weight is 399 g/mol. The summed E-state index contributed by atoms with van der Waals surface area (Å²) in [6.45, 7) is 4.05. The van der Waals surface area contributed by atoms with Crippen LogP contribution in [0.4, 0.5) is 5.69 Å². The summed E-state index contributed by atoms with van der Waals surface area (Å²) in [5, 5.41) is 3.12. The first kappa shape index (κ1) is 19.9. The number of amides is 1. The number of methoxy groups -OCH3 is 1. The van der Waals surface area contributed by atoms with E-state index in [1.165, 1.54) is 0 Å². The molecule has 0 bridgehead atoms. The van der Waals surface area contributed by atoms with E-state index in [-0.39, 0.29) is 5.91 Å². The molecule has 3 aromatic rings. The van der Waals surface area contributed by atoms with Crippen molar-refractivity contribution in [3.05, 3.63) is 82.9 Å². The first-order valence-corrected chi connectivity index (χ1v) is 10.1. The van der Waals surface area contributed by atoms with E-state index < -0.39 is 5.41 Å². The molecule has 1 aliphatic carbocycles. The number of ether oxygens (including phenoxy) is 1. The van der Waals surface area contributed by atoms with Crippen molar-refractivity contribution >= 4 is 17.9 Å². The van der Waals surface area contributed by atoms with Crippen LogP contribution in [-0.4, -0.2) is 19.3 Å². The van der Waals surface area contributed by atoms with Gasteiger partial charge in [0.2, 0.25) is 5.91 Å². The summed E-state index contributed by atoms with van der Waals surface area (Å²) in [5.74, 6) is 0.810. The molecule has 0 heterocycles. The number of carbonyl (C=O) groups excluding carboxylic acids is 2. The Labute approximate surface area is 176 Å². The van der Waals surface area contributed by atoms with Crippen LogP contribution in [0.25, 0.3) is 11.1 Å². The largest absolute Gasteiger partial charge is 0.497 e. The molecule has 4 nitrogen and oxygen atoms in total. The van der Waals surface area contributed by atoms with Crippen LogP contribution in [0.15, 0.2) is 60.7 Å². The smallest absolute Gasteiger partial charge is 0.235 e. The topological polar surface area (TPSA) is 55.4 Å². The summed E-state index contributed by atoms with van der Waals surface area (Å²) < 4.78 is 5.23. The van der Waals surface area contributed by atoms with E-state index in [0.29, 0.717) is 5.56 Å². The van der Waals surface area contributed by atoms with Crippen LogP contribution in [0.1, 0.15) is 39.9 Å². The van der Waals surface area contributed by atoms with Crippen LogP contribution in [-0.2, 0) is 10.2 Å². The molecule has 0 radical (unpaired) electrons. The van der Waals surface area contributed by atoms with Gasteiger partial charge in [-0.2, -0.15) is 0 Å². The highest BCUT2D eigenvalue weighted by Gasteiger charge is 2.51. The highest BCUT2D eigenvalue weighted by molar-refractivity contribution is 6.02. The third-order valence-electron chi connectivity index (χ3n) is 6.00. The molecule has 3 aromatic carbocycles. The number of nitrogens with one attached hydrogen (secondary N) is 1. The summed E-state index contributed by atoms with van der Waals surface area (Å²) in [6.07, 6.45) is 2.54. The molecule has 152 valence electrons. The maximum absolute atomic E-state index is 13.2. The zero-order valence-electron chi connectivity index (χ0n) is 17.5. The van der Waals surface area contributed by atoms with Gasteiger partial charge in [-0.15, -0.1) is 0 Å². The molecular formula is C26H25NO3. The minimum absolute atomic E-state index is 0.0236. The lowest BCUT2D eigenvalue weighted by molar-refractivity contribution is -0.118. The van der Waals surface area contributed by atoms with Crippen LogP contribution < -0.4 is 10.1 Å². The average Bonchev–Trinajstić information content (AvgIpc) is 3.57. The Morgan fingerprint density at radius 2 is 1.67 bits per heavy atom. The van der Waals surface area contributed by atoms with E-state index in [9.17, 15) is 9.59 Å². The van der Waals surface area contributed by atoms with Gasteiger partial charge in [0.25, 0.3) is 0 Å². The summed E-state index contributed by atoms with van der Waals surface area (Å²) >= 11 is 0. The van der Waals surface area contributed by atoms with E-state index in [1.807, 2.05) is 74.5 Å². The minimum Gasteiger partial charge on any atom is -0.497 e. The monoisotopic (exact) mass is 399 g/mol. The molecule has 0 aliphatic heterocycles. The molecular weight excluding hydrogens is 374 g/mol. The number of aldehydes is 1. The third kappa shape index (κ3) is 3.61. The molecule has 0 spiro atoms. The molecule has 1 amide bonds. The number of carbonyl (C=O) groups is 2. The summed E-state index contributed by atoms with van der Waals surface area (Å²) in [7, 11) is 1.64. The van der Waals surface area contributed by atoms with E-state index >= 15 is 0 Å². The van der Waals surface area contributed by atoms with Gasteiger partial charge in [-0.3, -0.25) is 9.59 Å². The minimum atomic E-state index is -0.459. The summed E-state index contributed by atoms with van der Waals surface area (Å²) in [4.78, 5) is 24.2. The quantitative estimate of drug-likeness (QED) is 0.560. The number of hydrogen-bond donors (Lipinski definition) is 1. The normalized spacial score (nSPS) is 14.1. The van der Waals surface area contributed by atoms with Gasteiger partial charge in [-0.05, 0) is 84.8 Å². The molecule has 4 rings (SSSR count). The van der Waals surface area contributed by atoms with Crippen LogP contribution in [0, 0.1) is 13.8 Å². The lowest BCUT2D eigenvalue weighted by atomic mass is 9.93. The van der Waals surface area contributed by atoms with Crippen LogP contribution in [0.2, 0.25) is 0 Å².